The van der Waals surface area contributed by atoms with E-state index in [0.717, 1.165) is 19.3 Å². The van der Waals surface area contributed by atoms with Crippen molar-refractivity contribution in [1.82, 2.24) is 0 Å². The van der Waals surface area contributed by atoms with Crippen LogP contribution >= 0.6 is 0 Å². The minimum atomic E-state index is -0.156. The molecule has 1 heteroatoms. The van der Waals surface area contributed by atoms with E-state index in [4.69, 9.17) is 0 Å². The summed E-state index contributed by atoms with van der Waals surface area (Å²) in [6, 6.07) is 11.2. The van der Waals surface area contributed by atoms with Crippen LogP contribution in [-0.2, 0) is 11.8 Å². The molecule has 1 aromatic carbocycles. The molecule has 0 amide bonds. The SMILES string of the molecule is CC(C)Cc1ccc(C2(C#N)CCC2)cc1. The Morgan fingerprint density at radius 2 is 1.88 bits per heavy atom. The molecule has 0 spiro atoms. The maximum absolute atomic E-state index is 9.25. The van der Waals surface area contributed by atoms with Gasteiger partial charge in [-0.1, -0.05) is 38.1 Å². The van der Waals surface area contributed by atoms with Crippen LogP contribution in [0, 0.1) is 17.2 Å². The van der Waals surface area contributed by atoms with Crippen LogP contribution in [0.2, 0.25) is 0 Å². The first-order chi connectivity index (χ1) is 7.66. The van der Waals surface area contributed by atoms with Gasteiger partial charge in [0.1, 0.15) is 0 Å². The molecule has 0 aromatic heterocycles. The molecule has 0 bridgehead atoms. The second-order valence-corrected chi connectivity index (χ2v) is 5.34. The third-order valence-electron chi connectivity index (χ3n) is 3.57. The van der Waals surface area contributed by atoms with E-state index in [1.807, 2.05) is 0 Å². The van der Waals surface area contributed by atoms with Crippen LogP contribution in [-0.4, -0.2) is 0 Å². The van der Waals surface area contributed by atoms with Gasteiger partial charge in [-0.25, -0.2) is 0 Å². The number of nitriles is 1. The van der Waals surface area contributed by atoms with Crippen LogP contribution in [0.1, 0.15) is 44.2 Å². The Labute approximate surface area is 98.1 Å². The first-order valence-electron chi connectivity index (χ1n) is 6.17. The predicted octanol–water partition coefficient (Wildman–Crippen LogP) is 3.83. The van der Waals surface area contributed by atoms with Crippen LogP contribution in [0.25, 0.3) is 0 Å². The molecule has 1 aliphatic rings. The van der Waals surface area contributed by atoms with Gasteiger partial charge in [-0.2, -0.15) is 5.26 Å². The molecular weight excluding hydrogens is 194 g/mol. The van der Waals surface area contributed by atoms with Gasteiger partial charge in [-0.05, 0) is 42.7 Å². The van der Waals surface area contributed by atoms with Gasteiger partial charge < -0.3 is 0 Å². The van der Waals surface area contributed by atoms with Gasteiger partial charge in [0.25, 0.3) is 0 Å². The van der Waals surface area contributed by atoms with Crippen LogP contribution in [0.5, 0.6) is 0 Å². The van der Waals surface area contributed by atoms with Crippen LogP contribution in [0.15, 0.2) is 24.3 Å². The van der Waals surface area contributed by atoms with E-state index in [-0.39, 0.29) is 5.41 Å². The number of rotatable bonds is 3. The molecule has 0 radical (unpaired) electrons. The van der Waals surface area contributed by atoms with Crippen molar-refractivity contribution in [3.63, 3.8) is 0 Å². The monoisotopic (exact) mass is 213 g/mol. The first-order valence-corrected chi connectivity index (χ1v) is 6.17. The van der Waals surface area contributed by atoms with Crippen molar-refractivity contribution in [1.29, 1.82) is 5.26 Å². The summed E-state index contributed by atoms with van der Waals surface area (Å²) in [7, 11) is 0. The molecule has 1 aromatic rings. The van der Waals surface area contributed by atoms with Crippen molar-refractivity contribution < 1.29 is 0 Å². The number of hydrogen-bond donors (Lipinski definition) is 0. The molecule has 1 fully saturated rings. The molecule has 84 valence electrons. The zero-order valence-electron chi connectivity index (χ0n) is 10.2. The summed E-state index contributed by atoms with van der Waals surface area (Å²) in [5.41, 5.74) is 2.44. The topological polar surface area (TPSA) is 23.8 Å². The highest BCUT2D eigenvalue weighted by Crippen LogP contribution is 2.43. The Hall–Kier alpha value is -1.29. The minimum Gasteiger partial charge on any atom is -0.197 e. The molecule has 1 saturated carbocycles. The molecular formula is C15H19N. The molecule has 16 heavy (non-hydrogen) atoms. The van der Waals surface area contributed by atoms with E-state index in [1.165, 1.54) is 17.5 Å². The van der Waals surface area contributed by atoms with E-state index in [0.29, 0.717) is 5.92 Å². The Bertz CT molecular complexity index is 390. The normalized spacial score (nSPS) is 17.9. The van der Waals surface area contributed by atoms with Crippen molar-refractivity contribution in [2.45, 2.75) is 44.9 Å². The smallest absolute Gasteiger partial charge is 0.0822 e. The van der Waals surface area contributed by atoms with Crippen LogP contribution in [0.4, 0.5) is 0 Å². The maximum Gasteiger partial charge on any atom is 0.0822 e. The molecule has 0 heterocycles. The molecule has 1 nitrogen and oxygen atoms in total. The molecule has 1 aliphatic carbocycles. The molecule has 0 atom stereocenters. The third-order valence-corrected chi connectivity index (χ3v) is 3.57. The summed E-state index contributed by atoms with van der Waals surface area (Å²) in [4.78, 5) is 0. The summed E-state index contributed by atoms with van der Waals surface area (Å²) in [5.74, 6) is 0.694. The highest BCUT2D eigenvalue weighted by atomic mass is 14.4. The highest BCUT2D eigenvalue weighted by molar-refractivity contribution is 5.36. The summed E-state index contributed by atoms with van der Waals surface area (Å²) >= 11 is 0. The summed E-state index contributed by atoms with van der Waals surface area (Å²) in [6.07, 6.45) is 4.39. The number of benzene rings is 1. The number of nitrogens with zero attached hydrogens (tertiary/aromatic N) is 1. The lowest BCUT2D eigenvalue weighted by molar-refractivity contribution is 0.324. The van der Waals surface area contributed by atoms with Crippen molar-refractivity contribution in [2.24, 2.45) is 5.92 Å². The average Bonchev–Trinajstić information content (AvgIpc) is 2.19. The van der Waals surface area contributed by atoms with Gasteiger partial charge in [0, 0.05) is 0 Å². The predicted molar refractivity (Wildman–Crippen MR) is 66.1 cm³/mol. The zero-order valence-corrected chi connectivity index (χ0v) is 10.2. The van der Waals surface area contributed by atoms with Crippen LogP contribution < -0.4 is 0 Å². The molecule has 2 rings (SSSR count). The Kier molecular flexibility index (Phi) is 3.01. The lowest BCUT2D eigenvalue weighted by atomic mass is 9.65. The summed E-state index contributed by atoms with van der Waals surface area (Å²) < 4.78 is 0. The second kappa shape index (κ2) is 4.29. The van der Waals surface area contributed by atoms with Gasteiger partial charge in [-0.3, -0.25) is 0 Å². The van der Waals surface area contributed by atoms with E-state index in [1.54, 1.807) is 0 Å². The fourth-order valence-electron chi connectivity index (χ4n) is 2.43. The van der Waals surface area contributed by atoms with E-state index >= 15 is 0 Å². The molecule has 0 N–H and O–H groups in total. The average molecular weight is 213 g/mol. The molecule has 0 unspecified atom stereocenters. The summed E-state index contributed by atoms with van der Waals surface area (Å²) in [5, 5.41) is 9.25. The maximum atomic E-state index is 9.25. The van der Waals surface area contributed by atoms with Gasteiger partial charge >= 0.3 is 0 Å². The van der Waals surface area contributed by atoms with Crippen molar-refractivity contribution >= 4 is 0 Å². The molecule has 0 saturated heterocycles. The number of hydrogen-bond acceptors (Lipinski definition) is 1. The Morgan fingerprint density at radius 1 is 1.25 bits per heavy atom. The fraction of sp³-hybridized carbons (Fsp3) is 0.533. The van der Waals surface area contributed by atoms with Crippen molar-refractivity contribution in [3.05, 3.63) is 35.4 Å². The van der Waals surface area contributed by atoms with Gasteiger partial charge in [-0.15, -0.1) is 0 Å². The van der Waals surface area contributed by atoms with E-state index < -0.39 is 0 Å². The van der Waals surface area contributed by atoms with Gasteiger partial charge in [0.2, 0.25) is 0 Å². The Balaban J connectivity index is 2.16. The lowest BCUT2D eigenvalue weighted by Crippen LogP contribution is -2.32. The van der Waals surface area contributed by atoms with Crippen molar-refractivity contribution in [3.8, 4) is 6.07 Å². The van der Waals surface area contributed by atoms with E-state index in [2.05, 4.69) is 44.2 Å². The van der Waals surface area contributed by atoms with Crippen LogP contribution in [0.3, 0.4) is 0 Å². The quantitative estimate of drug-likeness (QED) is 0.748. The largest absolute Gasteiger partial charge is 0.197 e. The Morgan fingerprint density at radius 3 is 2.25 bits per heavy atom. The first kappa shape index (κ1) is 11.2. The zero-order chi connectivity index (χ0) is 11.6. The summed E-state index contributed by atoms with van der Waals surface area (Å²) in [6.45, 7) is 4.47. The van der Waals surface area contributed by atoms with Crippen molar-refractivity contribution in [2.75, 3.05) is 0 Å². The third kappa shape index (κ3) is 1.97. The van der Waals surface area contributed by atoms with Gasteiger partial charge in [0.05, 0.1) is 11.5 Å². The lowest BCUT2D eigenvalue weighted by Gasteiger charge is -2.35. The standard InChI is InChI=1S/C15H19N/c1-12(2)10-13-4-6-14(7-5-13)15(11-16)8-3-9-15/h4-7,12H,3,8-10H2,1-2H3. The minimum absolute atomic E-state index is 0.156. The second-order valence-electron chi connectivity index (χ2n) is 5.34. The highest BCUT2D eigenvalue weighted by Gasteiger charge is 2.38. The van der Waals surface area contributed by atoms with Gasteiger partial charge in [0.15, 0.2) is 0 Å². The fourth-order valence-corrected chi connectivity index (χ4v) is 2.43. The van der Waals surface area contributed by atoms with E-state index in [9.17, 15) is 5.26 Å². The molecule has 0 aliphatic heterocycles.